The van der Waals surface area contributed by atoms with E-state index in [9.17, 15) is 4.79 Å². The molecule has 1 aromatic carbocycles. The van der Waals surface area contributed by atoms with Crippen molar-refractivity contribution in [1.29, 1.82) is 0 Å². The monoisotopic (exact) mass is 348 g/mol. The highest BCUT2D eigenvalue weighted by Gasteiger charge is 2.19. The first kappa shape index (κ1) is 16.5. The number of thiophene rings is 1. The molecule has 0 spiro atoms. The van der Waals surface area contributed by atoms with Crippen LogP contribution in [0.5, 0.6) is 0 Å². The Morgan fingerprint density at radius 3 is 2.43 bits per heavy atom. The van der Waals surface area contributed by atoms with Crippen molar-refractivity contribution in [3.05, 3.63) is 56.7 Å². The van der Waals surface area contributed by atoms with Crippen LogP contribution in [-0.4, -0.2) is 35.8 Å². The van der Waals surface area contributed by atoms with E-state index >= 15 is 0 Å². The van der Waals surface area contributed by atoms with E-state index in [2.05, 4.69) is 30.1 Å². The number of likely N-dealkylation sites (tertiary alicyclic amines) is 1. The van der Waals surface area contributed by atoms with E-state index in [0.29, 0.717) is 0 Å². The quantitative estimate of drug-likeness (QED) is 0.805. The second kappa shape index (κ2) is 7.47. The highest BCUT2D eigenvalue weighted by molar-refractivity contribution is 7.16. The second-order valence-corrected chi connectivity index (χ2v) is 7.87. The van der Waals surface area contributed by atoms with Crippen LogP contribution in [0.25, 0.3) is 0 Å². The van der Waals surface area contributed by atoms with Crippen molar-refractivity contribution in [2.24, 2.45) is 0 Å². The molecule has 1 aliphatic heterocycles. The summed E-state index contributed by atoms with van der Waals surface area (Å²) in [5, 5.41) is 0. The van der Waals surface area contributed by atoms with Gasteiger partial charge in [-0.15, -0.1) is 11.3 Å². The van der Waals surface area contributed by atoms with Gasteiger partial charge in [0.2, 0.25) is 0 Å². The van der Waals surface area contributed by atoms with Crippen LogP contribution in [0.4, 0.5) is 0 Å². The Labute approximate surface area is 146 Å². The third-order valence-electron chi connectivity index (χ3n) is 4.10. The third kappa shape index (κ3) is 4.34. The first-order chi connectivity index (χ1) is 11.1. The summed E-state index contributed by atoms with van der Waals surface area (Å²) in [6.07, 6.45) is 2.25. The zero-order valence-electron chi connectivity index (χ0n) is 13.3. The number of amides is 1. The van der Waals surface area contributed by atoms with Crippen LogP contribution >= 0.6 is 22.9 Å². The van der Waals surface area contributed by atoms with Crippen molar-refractivity contribution in [3.63, 3.8) is 0 Å². The maximum atomic E-state index is 12.3. The van der Waals surface area contributed by atoms with Gasteiger partial charge in [-0.1, -0.05) is 23.7 Å². The normalized spacial score (nSPS) is 14.7. The second-order valence-electron chi connectivity index (χ2n) is 6.07. The number of rotatable bonds is 5. The minimum Gasteiger partial charge on any atom is -0.339 e. The van der Waals surface area contributed by atoms with Crippen molar-refractivity contribution >= 4 is 28.8 Å². The van der Waals surface area contributed by atoms with Crippen LogP contribution in [0.1, 0.15) is 33.6 Å². The molecule has 0 aliphatic carbocycles. The van der Waals surface area contributed by atoms with Crippen molar-refractivity contribution in [1.82, 2.24) is 9.80 Å². The molecule has 122 valence electrons. The van der Waals surface area contributed by atoms with E-state index in [-0.39, 0.29) is 5.91 Å². The third-order valence-corrected chi connectivity index (χ3v) is 5.32. The molecule has 0 unspecified atom stereocenters. The summed E-state index contributed by atoms with van der Waals surface area (Å²) in [5.41, 5.74) is 2.01. The first-order valence-electron chi connectivity index (χ1n) is 7.93. The molecule has 1 saturated heterocycles. The van der Waals surface area contributed by atoms with Crippen LogP contribution in [0.15, 0.2) is 36.4 Å². The smallest absolute Gasteiger partial charge is 0.253 e. The number of halogens is 1. The summed E-state index contributed by atoms with van der Waals surface area (Å²) >= 11 is 7.59. The zero-order valence-corrected chi connectivity index (χ0v) is 14.9. The number of hydrogen-bond acceptors (Lipinski definition) is 3. The molecule has 3 nitrogen and oxygen atoms in total. The predicted molar refractivity (Wildman–Crippen MR) is 96.1 cm³/mol. The lowest BCUT2D eigenvalue weighted by Gasteiger charge is -2.17. The van der Waals surface area contributed by atoms with Gasteiger partial charge in [-0.25, -0.2) is 0 Å². The molecule has 1 aliphatic rings. The van der Waals surface area contributed by atoms with E-state index < -0.39 is 0 Å². The number of hydrogen-bond donors (Lipinski definition) is 0. The first-order valence-corrected chi connectivity index (χ1v) is 9.12. The topological polar surface area (TPSA) is 23.6 Å². The Bertz CT molecular complexity index is 662. The highest BCUT2D eigenvalue weighted by Crippen LogP contribution is 2.23. The fraction of sp³-hybridized carbons (Fsp3) is 0.389. The van der Waals surface area contributed by atoms with E-state index in [1.807, 2.05) is 23.1 Å². The van der Waals surface area contributed by atoms with Gasteiger partial charge in [0.25, 0.3) is 5.91 Å². The molecule has 0 bridgehead atoms. The van der Waals surface area contributed by atoms with Gasteiger partial charge in [0.1, 0.15) is 0 Å². The minimum atomic E-state index is 0.163. The van der Waals surface area contributed by atoms with Crippen LogP contribution in [-0.2, 0) is 13.1 Å². The Morgan fingerprint density at radius 2 is 1.83 bits per heavy atom. The summed E-state index contributed by atoms with van der Waals surface area (Å²) in [4.78, 5) is 17.8. The van der Waals surface area contributed by atoms with E-state index in [0.717, 1.165) is 48.9 Å². The summed E-state index contributed by atoms with van der Waals surface area (Å²) in [5.74, 6) is 0.163. The standard InChI is InChI=1S/C18H21ClN2OS/c1-20(13-16-8-9-17(19)23-16)12-14-4-6-15(7-5-14)18(22)21-10-2-3-11-21/h4-9H,2-3,10-13H2,1H3. The fourth-order valence-corrected chi connectivity index (χ4v) is 4.09. The molecule has 2 aromatic rings. The molecule has 0 saturated carbocycles. The van der Waals surface area contributed by atoms with Gasteiger partial charge in [-0.05, 0) is 49.7 Å². The van der Waals surface area contributed by atoms with E-state index in [1.54, 1.807) is 11.3 Å². The molecule has 0 radical (unpaired) electrons. The number of carbonyl (C=O) groups excluding carboxylic acids is 1. The molecule has 0 atom stereocenters. The van der Waals surface area contributed by atoms with Crippen LogP contribution < -0.4 is 0 Å². The van der Waals surface area contributed by atoms with E-state index in [4.69, 9.17) is 11.6 Å². The lowest BCUT2D eigenvalue weighted by atomic mass is 10.1. The molecule has 5 heteroatoms. The van der Waals surface area contributed by atoms with Crippen LogP contribution in [0, 0.1) is 0 Å². The lowest BCUT2D eigenvalue weighted by molar-refractivity contribution is 0.0793. The average molecular weight is 349 g/mol. The molecule has 2 heterocycles. The number of nitrogens with zero attached hydrogens (tertiary/aromatic N) is 2. The Balaban J connectivity index is 1.57. The fourth-order valence-electron chi connectivity index (χ4n) is 2.93. The van der Waals surface area contributed by atoms with Crippen molar-refractivity contribution in [2.45, 2.75) is 25.9 Å². The van der Waals surface area contributed by atoms with Crippen LogP contribution in [0.3, 0.4) is 0 Å². The summed E-state index contributed by atoms with van der Waals surface area (Å²) < 4.78 is 0.832. The van der Waals surface area contributed by atoms with Gasteiger partial charge in [0.05, 0.1) is 4.34 Å². The maximum absolute atomic E-state index is 12.3. The average Bonchev–Trinajstić information content (AvgIpc) is 3.19. The Morgan fingerprint density at radius 1 is 1.13 bits per heavy atom. The molecular weight excluding hydrogens is 328 g/mol. The van der Waals surface area contributed by atoms with Gasteiger partial charge >= 0.3 is 0 Å². The Kier molecular flexibility index (Phi) is 5.36. The zero-order chi connectivity index (χ0) is 16.2. The molecule has 23 heavy (non-hydrogen) atoms. The van der Waals surface area contributed by atoms with Gasteiger partial charge in [0, 0.05) is 36.6 Å². The molecule has 1 fully saturated rings. The van der Waals surface area contributed by atoms with Crippen molar-refractivity contribution in [2.75, 3.05) is 20.1 Å². The molecule has 3 rings (SSSR count). The predicted octanol–water partition coefficient (Wildman–Crippen LogP) is 4.27. The van der Waals surface area contributed by atoms with Gasteiger partial charge < -0.3 is 4.90 Å². The van der Waals surface area contributed by atoms with E-state index in [1.165, 1.54) is 10.4 Å². The number of benzene rings is 1. The van der Waals surface area contributed by atoms with Crippen molar-refractivity contribution in [3.8, 4) is 0 Å². The van der Waals surface area contributed by atoms with Gasteiger partial charge in [-0.2, -0.15) is 0 Å². The highest BCUT2D eigenvalue weighted by atomic mass is 35.5. The molecule has 1 amide bonds. The van der Waals surface area contributed by atoms with Crippen molar-refractivity contribution < 1.29 is 4.79 Å². The molecule has 1 aromatic heterocycles. The van der Waals surface area contributed by atoms with Gasteiger partial charge in [0.15, 0.2) is 0 Å². The van der Waals surface area contributed by atoms with Gasteiger partial charge in [-0.3, -0.25) is 9.69 Å². The SMILES string of the molecule is CN(Cc1ccc(C(=O)N2CCCC2)cc1)Cc1ccc(Cl)s1. The summed E-state index contributed by atoms with van der Waals surface area (Å²) in [6, 6.07) is 12.0. The summed E-state index contributed by atoms with van der Waals surface area (Å²) in [7, 11) is 2.09. The molecular formula is C18H21ClN2OS. The maximum Gasteiger partial charge on any atom is 0.253 e. The largest absolute Gasteiger partial charge is 0.339 e. The molecule has 0 N–H and O–H groups in total. The summed E-state index contributed by atoms with van der Waals surface area (Å²) in [6.45, 7) is 3.53. The van der Waals surface area contributed by atoms with Crippen LogP contribution in [0.2, 0.25) is 4.34 Å². The number of carbonyl (C=O) groups is 1. The minimum absolute atomic E-state index is 0.163. The lowest BCUT2D eigenvalue weighted by Crippen LogP contribution is -2.27. The Hall–Kier alpha value is -1.36.